The molecule has 6 nitrogen and oxygen atoms in total. The topological polar surface area (TPSA) is 64.4 Å². The Morgan fingerprint density at radius 2 is 2.00 bits per heavy atom. The van der Waals surface area contributed by atoms with Gasteiger partial charge in [-0.1, -0.05) is 24.3 Å². The Labute approximate surface area is 164 Å². The number of Topliss-reactive ketones (excluding diaryl/α,β-unsaturated/α-hetero) is 1. The normalized spacial score (nSPS) is 24.8. The Morgan fingerprint density at radius 3 is 2.75 bits per heavy atom. The highest BCUT2D eigenvalue weighted by Gasteiger charge is 2.59. The molecule has 1 spiro atoms. The third kappa shape index (κ3) is 2.43. The van der Waals surface area contributed by atoms with Crippen LogP contribution in [-0.2, 0) is 9.53 Å². The SMILES string of the molecule is CC(C)(C)OC(=O)N1CC2(CCC(C3c4ccccc4-c4cncn43)C2=O)C1. The number of carbonyl (C=O) groups is 2. The molecular formula is C22H25N3O3. The zero-order valence-electron chi connectivity index (χ0n) is 16.5. The summed E-state index contributed by atoms with van der Waals surface area (Å²) in [6, 6.07) is 8.30. The van der Waals surface area contributed by atoms with Crippen molar-refractivity contribution in [2.75, 3.05) is 13.1 Å². The summed E-state index contributed by atoms with van der Waals surface area (Å²) < 4.78 is 7.60. The van der Waals surface area contributed by atoms with E-state index >= 15 is 0 Å². The van der Waals surface area contributed by atoms with Crippen molar-refractivity contribution in [3.05, 3.63) is 42.4 Å². The van der Waals surface area contributed by atoms with Crippen LogP contribution in [0.5, 0.6) is 0 Å². The van der Waals surface area contributed by atoms with Gasteiger partial charge in [0.1, 0.15) is 11.4 Å². The van der Waals surface area contributed by atoms with E-state index in [1.165, 1.54) is 11.1 Å². The second-order valence-electron chi connectivity index (χ2n) is 9.34. The minimum Gasteiger partial charge on any atom is -0.444 e. The van der Waals surface area contributed by atoms with E-state index in [9.17, 15) is 9.59 Å². The summed E-state index contributed by atoms with van der Waals surface area (Å²) in [4.78, 5) is 31.8. The number of amides is 1. The Morgan fingerprint density at radius 1 is 1.25 bits per heavy atom. The molecule has 28 heavy (non-hydrogen) atoms. The van der Waals surface area contributed by atoms with Gasteiger partial charge < -0.3 is 14.2 Å². The lowest BCUT2D eigenvalue weighted by Gasteiger charge is -2.47. The lowest BCUT2D eigenvalue weighted by molar-refractivity contribution is -0.137. The van der Waals surface area contributed by atoms with E-state index in [0.717, 1.165) is 18.5 Å². The van der Waals surface area contributed by atoms with E-state index < -0.39 is 11.0 Å². The molecule has 3 aliphatic rings. The van der Waals surface area contributed by atoms with Gasteiger partial charge in [0, 0.05) is 24.6 Å². The molecule has 2 atom stereocenters. The largest absolute Gasteiger partial charge is 0.444 e. The van der Waals surface area contributed by atoms with Crippen LogP contribution in [0, 0.1) is 11.3 Å². The summed E-state index contributed by atoms with van der Waals surface area (Å²) in [6.07, 6.45) is 5.07. The molecule has 1 aromatic heterocycles. The summed E-state index contributed by atoms with van der Waals surface area (Å²) in [5.41, 5.74) is 2.53. The zero-order chi connectivity index (χ0) is 19.7. The summed E-state index contributed by atoms with van der Waals surface area (Å²) in [7, 11) is 0. The average molecular weight is 379 g/mol. The Hall–Kier alpha value is -2.63. The second kappa shape index (κ2) is 5.69. The van der Waals surface area contributed by atoms with Gasteiger partial charge >= 0.3 is 6.09 Å². The lowest BCUT2D eigenvalue weighted by Crippen LogP contribution is -2.61. The summed E-state index contributed by atoms with van der Waals surface area (Å²) in [5.74, 6) is 0.214. The fourth-order valence-corrected chi connectivity index (χ4v) is 5.12. The second-order valence-corrected chi connectivity index (χ2v) is 9.34. The van der Waals surface area contributed by atoms with E-state index in [4.69, 9.17) is 4.74 Å². The fraction of sp³-hybridized carbons (Fsp3) is 0.500. The molecule has 1 saturated heterocycles. The first-order valence-electron chi connectivity index (χ1n) is 9.92. The van der Waals surface area contributed by atoms with Crippen molar-refractivity contribution in [2.24, 2.45) is 11.3 Å². The molecule has 0 radical (unpaired) electrons. The van der Waals surface area contributed by atoms with Crippen molar-refractivity contribution in [1.29, 1.82) is 0 Å². The Balaban J connectivity index is 1.37. The van der Waals surface area contributed by atoms with E-state index in [1.54, 1.807) is 4.90 Å². The molecule has 1 amide bonds. The molecule has 2 fully saturated rings. The predicted octanol–water partition coefficient (Wildman–Crippen LogP) is 3.67. The van der Waals surface area contributed by atoms with Crippen LogP contribution < -0.4 is 0 Å². The fourth-order valence-electron chi connectivity index (χ4n) is 5.12. The number of benzene rings is 1. The first kappa shape index (κ1) is 17.5. The molecule has 2 aliphatic heterocycles. The van der Waals surface area contributed by atoms with Gasteiger partial charge in [-0.15, -0.1) is 0 Å². The molecule has 2 unspecified atom stereocenters. The van der Waals surface area contributed by atoms with Gasteiger partial charge in [0.15, 0.2) is 0 Å². The maximum Gasteiger partial charge on any atom is 0.410 e. The number of fused-ring (bicyclic) bond motifs is 3. The number of carbonyl (C=O) groups excluding carboxylic acids is 2. The van der Waals surface area contributed by atoms with Crippen molar-refractivity contribution in [1.82, 2.24) is 14.5 Å². The van der Waals surface area contributed by atoms with E-state index in [-0.39, 0.29) is 23.8 Å². The van der Waals surface area contributed by atoms with Crippen molar-refractivity contribution in [3.8, 4) is 11.3 Å². The molecule has 2 aromatic rings. The smallest absolute Gasteiger partial charge is 0.410 e. The average Bonchev–Trinajstić information content (AvgIpc) is 3.25. The van der Waals surface area contributed by atoms with Crippen molar-refractivity contribution < 1.29 is 14.3 Å². The Kier molecular flexibility index (Phi) is 3.55. The van der Waals surface area contributed by atoms with Crippen molar-refractivity contribution in [2.45, 2.75) is 45.3 Å². The molecule has 3 heterocycles. The summed E-state index contributed by atoms with van der Waals surface area (Å²) >= 11 is 0. The standard InChI is InChI=1S/C22H25N3O3/c1-21(2,3)28-20(27)24-11-22(12-24)9-8-16(19(22)26)18-15-7-5-4-6-14(15)17-10-23-13-25(17)18/h4-7,10,13,16,18H,8-9,11-12H2,1-3H3. The number of hydrogen-bond acceptors (Lipinski definition) is 4. The van der Waals surface area contributed by atoms with Gasteiger partial charge in [0.05, 0.1) is 29.7 Å². The third-order valence-electron chi connectivity index (χ3n) is 6.33. The molecule has 1 aromatic carbocycles. The summed E-state index contributed by atoms with van der Waals surface area (Å²) in [5, 5.41) is 0. The predicted molar refractivity (Wildman–Crippen MR) is 104 cm³/mol. The van der Waals surface area contributed by atoms with Crippen molar-refractivity contribution in [3.63, 3.8) is 0 Å². The quantitative estimate of drug-likeness (QED) is 0.758. The van der Waals surface area contributed by atoms with Crippen molar-refractivity contribution >= 4 is 11.9 Å². The van der Waals surface area contributed by atoms with Crippen LogP contribution in [0.1, 0.15) is 45.2 Å². The van der Waals surface area contributed by atoms with Gasteiger partial charge in [-0.2, -0.15) is 0 Å². The highest BCUT2D eigenvalue weighted by atomic mass is 16.6. The van der Waals surface area contributed by atoms with Crippen LogP contribution in [0.4, 0.5) is 4.79 Å². The minimum absolute atomic E-state index is 0.0103. The minimum atomic E-state index is -0.520. The molecular weight excluding hydrogens is 354 g/mol. The van der Waals surface area contributed by atoms with Crippen LogP contribution in [0.2, 0.25) is 0 Å². The molecule has 0 bridgehead atoms. The Bertz CT molecular complexity index is 965. The number of ketones is 1. The first-order valence-corrected chi connectivity index (χ1v) is 9.92. The maximum absolute atomic E-state index is 13.5. The number of ether oxygens (including phenoxy) is 1. The van der Waals surface area contributed by atoms with Crippen LogP contribution in [0.3, 0.4) is 0 Å². The number of nitrogens with zero attached hydrogens (tertiary/aromatic N) is 3. The highest BCUT2D eigenvalue weighted by molar-refractivity contribution is 5.93. The molecule has 146 valence electrons. The number of imidazole rings is 1. The van der Waals surface area contributed by atoms with Gasteiger partial charge in [-0.3, -0.25) is 4.79 Å². The third-order valence-corrected chi connectivity index (χ3v) is 6.33. The molecule has 0 N–H and O–H groups in total. The van der Waals surface area contributed by atoms with Crippen LogP contribution in [0.25, 0.3) is 11.3 Å². The summed E-state index contributed by atoms with van der Waals surface area (Å²) in [6.45, 7) is 6.52. The van der Waals surface area contributed by atoms with Gasteiger partial charge in [-0.05, 0) is 39.2 Å². The number of rotatable bonds is 1. The lowest BCUT2D eigenvalue weighted by atomic mass is 9.75. The van der Waals surface area contributed by atoms with Gasteiger partial charge in [0.25, 0.3) is 0 Å². The van der Waals surface area contributed by atoms with E-state index in [2.05, 4.69) is 21.7 Å². The number of aromatic nitrogens is 2. The van der Waals surface area contributed by atoms with Gasteiger partial charge in [0.2, 0.25) is 0 Å². The van der Waals surface area contributed by atoms with Crippen LogP contribution in [-0.4, -0.2) is 45.0 Å². The van der Waals surface area contributed by atoms with E-state index in [0.29, 0.717) is 13.1 Å². The molecule has 5 rings (SSSR count). The van der Waals surface area contributed by atoms with E-state index in [1.807, 2.05) is 45.4 Å². The number of likely N-dealkylation sites (tertiary alicyclic amines) is 1. The number of hydrogen-bond donors (Lipinski definition) is 0. The monoisotopic (exact) mass is 379 g/mol. The van der Waals surface area contributed by atoms with Crippen LogP contribution in [0.15, 0.2) is 36.8 Å². The molecule has 6 heteroatoms. The highest BCUT2D eigenvalue weighted by Crippen LogP contribution is 2.53. The van der Waals surface area contributed by atoms with Crippen LogP contribution >= 0.6 is 0 Å². The molecule has 1 aliphatic carbocycles. The zero-order valence-corrected chi connectivity index (χ0v) is 16.5. The molecule has 1 saturated carbocycles. The van der Waals surface area contributed by atoms with Gasteiger partial charge in [-0.25, -0.2) is 9.78 Å². The maximum atomic E-state index is 13.5. The first-order chi connectivity index (χ1) is 13.3.